The van der Waals surface area contributed by atoms with Crippen molar-refractivity contribution in [2.45, 2.75) is 6.42 Å². The number of carbonyl (C=O) groups is 1. The minimum Gasteiger partial charge on any atom is -0.398 e. The highest BCUT2D eigenvalue weighted by molar-refractivity contribution is 9.10. The van der Waals surface area contributed by atoms with E-state index in [4.69, 9.17) is 5.73 Å². The van der Waals surface area contributed by atoms with Crippen LogP contribution in [0.2, 0.25) is 0 Å². The predicted molar refractivity (Wildman–Crippen MR) is 59.2 cm³/mol. The van der Waals surface area contributed by atoms with E-state index in [1.54, 1.807) is 11.0 Å². The summed E-state index contributed by atoms with van der Waals surface area (Å²) in [4.78, 5) is 13.5. The largest absolute Gasteiger partial charge is 0.398 e. The van der Waals surface area contributed by atoms with Gasteiger partial charge in [-0.05, 0) is 40.0 Å². The van der Waals surface area contributed by atoms with Gasteiger partial charge >= 0.3 is 0 Å². The Morgan fingerprint density at radius 2 is 2.21 bits per heavy atom. The molecule has 4 heteroatoms. The molecular weight excluding hydrogens is 244 g/mol. The van der Waals surface area contributed by atoms with Gasteiger partial charge in [0, 0.05) is 29.3 Å². The zero-order valence-corrected chi connectivity index (χ0v) is 9.47. The predicted octanol–water partition coefficient (Wildman–Crippen LogP) is 1.66. The Morgan fingerprint density at radius 3 is 2.93 bits per heavy atom. The number of anilines is 1. The highest BCUT2D eigenvalue weighted by atomic mass is 79.9. The molecule has 1 aliphatic rings. The molecule has 0 bridgehead atoms. The number of nitrogens with zero attached hydrogens (tertiary/aromatic N) is 1. The number of amides is 1. The van der Waals surface area contributed by atoms with Crippen molar-refractivity contribution in [3.05, 3.63) is 27.7 Å². The molecule has 0 radical (unpaired) electrons. The molecule has 3 nitrogen and oxygen atoms in total. The standard InChI is InChI=1S/C10H11BrN2O/c1-13-3-2-6-4-8(11)9(12)5-7(6)10(13)14/h4-5H,2-3,12H2,1H3. The zero-order chi connectivity index (χ0) is 10.3. The number of carbonyl (C=O) groups excluding carboxylic acids is 1. The fourth-order valence-electron chi connectivity index (χ4n) is 1.63. The van der Waals surface area contributed by atoms with Crippen LogP contribution in [0.3, 0.4) is 0 Å². The Bertz CT molecular complexity index is 403. The van der Waals surface area contributed by atoms with Gasteiger partial charge in [0.15, 0.2) is 0 Å². The first kappa shape index (κ1) is 9.52. The van der Waals surface area contributed by atoms with Crippen molar-refractivity contribution >= 4 is 27.5 Å². The molecule has 14 heavy (non-hydrogen) atoms. The Balaban J connectivity index is 2.56. The van der Waals surface area contributed by atoms with Crippen molar-refractivity contribution in [3.63, 3.8) is 0 Å². The van der Waals surface area contributed by atoms with Gasteiger partial charge in [-0.3, -0.25) is 4.79 Å². The Morgan fingerprint density at radius 1 is 1.50 bits per heavy atom. The van der Waals surface area contributed by atoms with Gasteiger partial charge in [-0.1, -0.05) is 0 Å². The number of fused-ring (bicyclic) bond motifs is 1. The van der Waals surface area contributed by atoms with E-state index in [-0.39, 0.29) is 5.91 Å². The summed E-state index contributed by atoms with van der Waals surface area (Å²) < 4.78 is 0.869. The van der Waals surface area contributed by atoms with Crippen LogP contribution in [0.15, 0.2) is 16.6 Å². The fraction of sp³-hybridized carbons (Fsp3) is 0.300. The molecule has 0 saturated carbocycles. The molecule has 1 aliphatic heterocycles. The van der Waals surface area contributed by atoms with Crippen molar-refractivity contribution in [1.82, 2.24) is 4.90 Å². The highest BCUT2D eigenvalue weighted by Crippen LogP contribution is 2.27. The highest BCUT2D eigenvalue weighted by Gasteiger charge is 2.22. The Hall–Kier alpha value is -1.03. The van der Waals surface area contributed by atoms with E-state index in [9.17, 15) is 4.79 Å². The molecule has 1 aromatic rings. The summed E-state index contributed by atoms with van der Waals surface area (Å²) >= 11 is 3.36. The summed E-state index contributed by atoms with van der Waals surface area (Å²) in [6.07, 6.45) is 0.899. The molecule has 0 saturated heterocycles. The van der Waals surface area contributed by atoms with Gasteiger partial charge in [-0.2, -0.15) is 0 Å². The van der Waals surface area contributed by atoms with Crippen LogP contribution >= 0.6 is 15.9 Å². The van der Waals surface area contributed by atoms with E-state index in [2.05, 4.69) is 15.9 Å². The smallest absolute Gasteiger partial charge is 0.253 e. The Kier molecular flexibility index (Phi) is 2.23. The van der Waals surface area contributed by atoms with Crippen LogP contribution < -0.4 is 5.73 Å². The molecule has 0 spiro atoms. The maximum absolute atomic E-state index is 11.7. The molecule has 0 unspecified atom stereocenters. The summed E-state index contributed by atoms with van der Waals surface area (Å²) in [5.41, 5.74) is 8.17. The molecule has 0 aromatic heterocycles. The first-order valence-electron chi connectivity index (χ1n) is 4.43. The molecular formula is C10H11BrN2O. The molecule has 1 amide bonds. The lowest BCUT2D eigenvalue weighted by atomic mass is 9.99. The minimum atomic E-state index is 0.0606. The van der Waals surface area contributed by atoms with Crippen molar-refractivity contribution in [2.24, 2.45) is 0 Å². The van der Waals surface area contributed by atoms with Crippen LogP contribution in [-0.4, -0.2) is 24.4 Å². The lowest BCUT2D eigenvalue weighted by Gasteiger charge is -2.25. The number of likely N-dealkylation sites (N-methyl/N-ethyl adjacent to an activating group) is 1. The average molecular weight is 255 g/mol. The van der Waals surface area contributed by atoms with Gasteiger partial charge in [0.2, 0.25) is 0 Å². The second-order valence-corrected chi connectivity index (χ2v) is 4.36. The molecule has 0 aliphatic carbocycles. The number of rotatable bonds is 0. The summed E-state index contributed by atoms with van der Waals surface area (Å²) in [5.74, 6) is 0.0606. The van der Waals surface area contributed by atoms with E-state index >= 15 is 0 Å². The van der Waals surface area contributed by atoms with Crippen LogP contribution in [0.1, 0.15) is 15.9 Å². The number of benzene rings is 1. The third-order valence-corrected chi connectivity index (χ3v) is 3.20. The summed E-state index contributed by atoms with van der Waals surface area (Å²) in [7, 11) is 1.81. The first-order valence-corrected chi connectivity index (χ1v) is 5.22. The topological polar surface area (TPSA) is 46.3 Å². The van der Waals surface area contributed by atoms with Crippen LogP contribution in [0.25, 0.3) is 0 Å². The SMILES string of the molecule is CN1CCc2cc(Br)c(N)cc2C1=O. The summed E-state index contributed by atoms with van der Waals surface area (Å²) in [5, 5.41) is 0. The maximum atomic E-state index is 11.7. The van der Waals surface area contributed by atoms with Gasteiger partial charge in [0.05, 0.1) is 0 Å². The lowest BCUT2D eigenvalue weighted by Crippen LogP contribution is -2.34. The summed E-state index contributed by atoms with van der Waals surface area (Å²) in [6.45, 7) is 0.780. The van der Waals surface area contributed by atoms with Crippen molar-refractivity contribution in [3.8, 4) is 0 Å². The fourth-order valence-corrected chi connectivity index (χ4v) is 2.02. The minimum absolute atomic E-state index is 0.0606. The number of nitrogens with two attached hydrogens (primary N) is 1. The van der Waals surface area contributed by atoms with Gasteiger partial charge in [-0.15, -0.1) is 0 Å². The monoisotopic (exact) mass is 254 g/mol. The van der Waals surface area contributed by atoms with Crippen molar-refractivity contribution in [2.75, 3.05) is 19.3 Å². The second kappa shape index (κ2) is 3.28. The van der Waals surface area contributed by atoms with E-state index in [1.165, 1.54) is 0 Å². The van der Waals surface area contributed by atoms with E-state index in [1.807, 2.05) is 13.1 Å². The van der Waals surface area contributed by atoms with Crippen molar-refractivity contribution in [1.29, 1.82) is 0 Å². The van der Waals surface area contributed by atoms with Gasteiger partial charge in [0.25, 0.3) is 5.91 Å². The van der Waals surface area contributed by atoms with Gasteiger partial charge < -0.3 is 10.6 Å². The van der Waals surface area contributed by atoms with E-state index < -0.39 is 0 Å². The number of hydrogen-bond donors (Lipinski definition) is 1. The molecule has 0 atom stereocenters. The number of nitrogen functional groups attached to an aromatic ring is 1. The van der Waals surface area contributed by atoms with Crippen LogP contribution in [0.4, 0.5) is 5.69 Å². The maximum Gasteiger partial charge on any atom is 0.253 e. The second-order valence-electron chi connectivity index (χ2n) is 3.51. The zero-order valence-electron chi connectivity index (χ0n) is 7.88. The molecule has 2 N–H and O–H groups in total. The molecule has 1 heterocycles. The summed E-state index contributed by atoms with van der Waals surface area (Å²) in [6, 6.07) is 3.69. The van der Waals surface area contributed by atoms with E-state index in [0.29, 0.717) is 5.69 Å². The van der Waals surface area contributed by atoms with E-state index in [0.717, 1.165) is 28.6 Å². The lowest BCUT2D eigenvalue weighted by molar-refractivity contribution is 0.0781. The van der Waals surface area contributed by atoms with Crippen LogP contribution in [-0.2, 0) is 6.42 Å². The van der Waals surface area contributed by atoms with Crippen LogP contribution in [0, 0.1) is 0 Å². The third kappa shape index (κ3) is 1.39. The molecule has 1 aromatic carbocycles. The molecule has 74 valence electrons. The van der Waals surface area contributed by atoms with Gasteiger partial charge in [0.1, 0.15) is 0 Å². The molecule has 0 fully saturated rings. The number of halogens is 1. The number of hydrogen-bond acceptors (Lipinski definition) is 2. The Labute approximate surface area is 91.0 Å². The van der Waals surface area contributed by atoms with Crippen molar-refractivity contribution < 1.29 is 4.79 Å². The van der Waals surface area contributed by atoms with Crippen LogP contribution in [0.5, 0.6) is 0 Å². The quantitative estimate of drug-likeness (QED) is 0.716. The first-order chi connectivity index (χ1) is 6.59. The normalized spacial score (nSPS) is 15.6. The average Bonchev–Trinajstić information content (AvgIpc) is 2.15. The third-order valence-electron chi connectivity index (χ3n) is 2.52. The van der Waals surface area contributed by atoms with Gasteiger partial charge in [-0.25, -0.2) is 0 Å². The molecule has 2 rings (SSSR count).